The fourth-order valence-corrected chi connectivity index (χ4v) is 3.18. The van der Waals surface area contributed by atoms with Gasteiger partial charge in [0.2, 0.25) is 0 Å². The summed E-state index contributed by atoms with van der Waals surface area (Å²) in [5.74, 6) is 2.27. The molecule has 1 saturated carbocycles. The van der Waals surface area contributed by atoms with E-state index in [4.69, 9.17) is 9.47 Å². The van der Waals surface area contributed by atoms with Crippen molar-refractivity contribution >= 4 is 5.91 Å². The van der Waals surface area contributed by atoms with E-state index < -0.39 is 0 Å². The molecule has 1 amide bonds. The Balaban J connectivity index is 1.72. The summed E-state index contributed by atoms with van der Waals surface area (Å²) in [4.78, 5) is 14.5. The van der Waals surface area contributed by atoms with Crippen molar-refractivity contribution in [2.24, 2.45) is 5.92 Å². The van der Waals surface area contributed by atoms with E-state index in [9.17, 15) is 4.79 Å². The third-order valence-electron chi connectivity index (χ3n) is 4.64. The Kier molecular flexibility index (Phi) is 4.04. The number of carbonyl (C=O) groups is 1. The van der Waals surface area contributed by atoms with Crippen molar-refractivity contribution in [1.29, 1.82) is 0 Å². The number of ether oxygens (including phenoxy) is 2. The number of hydrogen-bond acceptors (Lipinski definition) is 3. The molecule has 114 valence electrons. The first kappa shape index (κ1) is 14.2. The van der Waals surface area contributed by atoms with Gasteiger partial charge >= 0.3 is 0 Å². The van der Waals surface area contributed by atoms with Crippen LogP contribution in [0.1, 0.15) is 43.0 Å². The molecule has 0 aromatic heterocycles. The van der Waals surface area contributed by atoms with Crippen molar-refractivity contribution in [3.63, 3.8) is 0 Å². The summed E-state index contributed by atoms with van der Waals surface area (Å²) < 4.78 is 11.1. The second-order valence-electron chi connectivity index (χ2n) is 6.19. The van der Waals surface area contributed by atoms with Crippen LogP contribution < -0.4 is 9.47 Å². The molecule has 1 aliphatic carbocycles. The van der Waals surface area contributed by atoms with Crippen LogP contribution in [0.2, 0.25) is 0 Å². The number of nitrogens with zero attached hydrogens (tertiary/aromatic N) is 1. The summed E-state index contributed by atoms with van der Waals surface area (Å²) in [6.07, 6.45) is 4.63. The average Bonchev–Trinajstić information content (AvgIpc) is 2.54. The van der Waals surface area contributed by atoms with Gasteiger partial charge in [-0.15, -0.1) is 0 Å². The third-order valence-corrected chi connectivity index (χ3v) is 4.64. The molecule has 1 aromatic carbocycles. The summed E-state index contributed by atoms with van der Waals surface area (Å²) in [7, 11) is 1.92. The first-order chi connectivity index (χ1) is 10.1. The number of rotatable bonds is 2. The largest absolute Gasteiger partial charge is 0.486 e. The smallest absolute Gasteiger partial charge is 0.253 e. The highest BCUT2D eigenvalue weighted by Gasteiger charge is 2.26. The molecule has 4 nitrogen and oxygen atoms in total. The lowest BCUT2D eigenvalue weighted by Crippen LogP contribution is -2.39. The van der Waals surface area contributed by atoms with Crippen LogP contribution in [0.5, 0.6) is 11.5 Å². The summed E-state index contributed by atoms with van der Waals surface area (Å²) in [6, 6.07) is 5.83. The normalized spacial score (nSPS) is 24.5. The van der Waals surface area contributed by atoms with Crippen LogP contribution in [0, 0.1) is 5.92 Å². The first-order valence-corrected chi connectivity index (χ1v) is 7.82. The van der Waals surface area contributed by atoms with E-state index in [1.165, 1.54) is 12.8 Å². The minimum atomic E-state index is 0.0755. The molecule has 0 N–H and O–H groups in total. The molecule has 0 atom stereocenters. The third kappa shape index (κ3) is 2.99. The highest BCUT2D eigenvalue weighted by molar-refractivity contribution is 5.95. The van der Waals surface area contributed by atoms with E-state index in [0.29, 0.717) is 30.6 Å². The molecule has 0 radical (unpaired) electrons. The second kappa shape index (κ2) is 5.96. The van der Waals surface area contributed by atoms with Gasteiger partial charge in [-0.1, -0.05) is 6.92 Å². The summed E-state index contributed by atoms with van der Waals surface area (Å²) in [6.45, 7) is 3.40. The predicted molar refractivity (Wildman–Crippen MR) is 80.9 cm³/mol. The Bertz CT molecular complexity index is 521. The van der Waals surface area contributed by atoms with E-state index in [1.807, 2.05) is 24.1 Å². The predicted octanol–water partition coefficient (Wildman–Crippen LogP) is 3.11. The van der Waals surface area contributed by atoms with E-state index in [1.54, 1.807) is 6.07 Å². The zero-order valence-corrected chi connectivity index (χ0v) is 12.8. The SMILES string of the molecule is CC1CCC(N(C)C(=O)c2ccc3c(c2)OCCO3)CC1. The average molecular weight is 289 g/mol. The summed E-state index contributed by atoms with van der Waals surface area (Å²) in [5, 5.41) is 0. The van der Waals surface area contributed by atoms with Crippen LogP contribution in [0.15, 0.2) is 18.2 Å². The number of amides is 1. The maximum atomic E-state index is 12.6. The van der Waals surface area contributed by atoms with Crippen molar-refractivity contribution in [2.45, 2.75) is 38.6 Å². The molecule has 2 aliphatic rings. The first-order valence-electron chi connectivity index (χ1n) is 7.82. The molecule has 4 heteroatoms. The van der Waals surface area contributed by atoms with E-state index >= 15 is 0 Å². The van der Waals surface area contributed by atoms with Gasteiger partial charge in [-0.3, -0.25) is 4.79 Å². The Morgan fingerprint density at radius 2 is 1.76 bits per heavy atom. The zero-order valence-electron chi connectivity index (χ0n) is 12.8. The standard InChI is InChI=1S/C17H23NO3/c1-12-3-6-14(7-4-12)18(2)17(19)13-5-8-15-16(11-13)21-10-9-20-15/h5,8,11-12,14H,3-4,6-7,9-10H2,1-2H3. The molecule has 1 fully saturated rings. The highest BCUT2D eigenvalue weighted by atomic mass is 16.6. The summed E-state index contributed by atoms with van der Waals surface area (Å²) in [5.41, 5.74) is 0.681. The van der Waals surface area contributed by atoms with Crippen LogP contribution in [0.25, 0.3) is 0 Å². The molecular formula is C17H23NO3. The Morgan fingerprint density at radius 3 is 2.48 bits per heavy atom. The Hall–Kier alpha value is -1.71. The van der Waals surface area contributed by atoms with E-state index in [2.05, 4.69) is 6.92 Å². The fourth-order valence-electron chi connectivity index (χ4n) is 3.18. The molecule has 1 aliphatic heterocycles. The van der Waals surface area contributed by atoms with Crippen molar-refractivity contribution in [1.82, 2.24) is 4.90 Å². The molecule has 0 spiro atoms. The lowest BCUT2D eigenvalue weighted by atomic mass is 9.86. The van der Waals surface area contributed by atoms with Crippen molar-refractivity contribution in [3.05, 3.63) is 23.8 Å². The van der Waals surface area contributed by atoms with E-state index in [-0.39, 0.29) is 5.91 Å². The molecule has 1 heterocycles. The van der Waals surface area contributed by atoms with Crippen molar-refractivity contribution in [3.8, 4) is 11.5 Å². The summed E-state index contributed by atoms with van der Waals surface area (Å²) >= 11 is 0. The van der Waals surface area contributed by atoms with Crippen LogP contribution in [0.4, 0.5) is 0 Å². The van der Waals surface area contributed by atoms with Crippen LogP contribution in [-0.2, 0) is 0 Å². The zero-order chi connectivity index (χ0) is 14.8. The lowest BCUT2D eigenvalue weighted by Gasteiger charge is -2.33. The van der Waals surface area contributed by atoms with Gasteiger partial charge in [0.25, 0.3) is 5.91 Å². The quantitative estimate of drug-likeness (QED) is 0.839. The molecule has 0 unspecified atom stereocenters. The molecular weight excluding hydrogens is 266 g/mol. The lowest BCUT2D eigenvalue weighted by molar-refractivity contribution is 0.0678. The highest BCUT2D eigenvalue weighted by Crippen LogP contribution is 2.32. The van der Waals surface area contributed by atoms with Gasteiger partial charge in [0.05, 0.1) is 0 Å². The van der Waals surface area contributed by atoms with Crippen LogP contribution >= 0.6 is 0 Å². The van der Waals surface area contributed by atoms with Gasteiger partial charge in [-0.25, -0.2) is 0 Å². The van der Waals surface area contributed by atoms with E-state index in [0.717, 1.165) is 24.5 Å². The van der Waals surface area contributed by atoms with Crippen molar-refractivity contribution in [2.75, 3.05) is 20.3 Å². The second-order valence-corrected chi connectivity index (χ2v) is 6.19. The minimum Gasteiger partial charge on any atom is -0.486 e. The monoisotopic (exact) mass is 289 g/mol. The van der Waals surface area contributed by atoms with Gasteiger partial charge in [0.1, 0.15) is 13.2 Å². The maximum Gasteiger partial charge on any atom is 0.253 e. The number of carbonyl (C=O) groups excluding carboxylic acids is 1. The van der Waals surface area contributed by atoms with Gasteiger partial charge in [0.15, 0.2) is 11.5 Å². The number of fused-ring (bicyclic) bond motifs is 1. The van der Waals surface area contributed by atoms with Crippen molar-refractivity contribution < 1.29 is 14.3 Å². The van der Waals surface area contributed by atoms with Gasteiger partial charge in [-0.2, -0.15) is 0 Å². The number of hydrogen-bond donors (Lipinski definition) is 0. The molecule has 0 saturated heterocycles. The number of benzene rings is 1. The minimum absolute atomic E-state index is 0.0755. The molecule has 21 heavy (non-hydrogen) atoms. The van der Waals surface area contributed by atoms with Crippen LogP contribution in [-0.4, -0.2) is 37.1 Å². The molecule has 0 bridgehead atoms. The Morgan fingerprint density at radius 1 is 1.10 bits per heavy atom. The fraction of sp³-hybridized carbons (Fsp3) is 0.588. The van der Waals surface area contributed by atoms with Gasteiger partial charge < -0.3 is 14.4 Å². The van der Waals surface area contributed by atoms with Crippen LogP contribution in [0.3, 0.4) is 0 Å². The molecule has 3 rings (SSSR count). The van der Waals surface area contributed by atoms with Gasteiger partial charge in [-0.05, 0) is 49.8 Å². The molecule has 1 aromatic rings. The maximum absolute atomic E-state index is 12.6. The topological polar surface area (TPSA) is 38.8 Å². The van der Waals surface area contributed by atoms with Gasteiger partial charge in [0, 0.05) is 18.7 Å². The Labute approximate surface area is 126 Å².